The molecule has 1 N–H and O–H groups in total. The molecule has 1 heterocycles. The third-order valence-corrected chi connectivity index (χ3v) is 3.99. The highest BCUT2D eigenvalue weighted by molar-refractivity contribution is 7.15. The molecule has 2 aromatic rings. The zero-order chi connectivity index (χ0) is 13.1. The summed E-state index contributed by atoms with van der Waals surface area (Å²) in [5.41, 5.74) is 0.820. The molecule has 0 spiro atoms. The van der Waals surface area contributed by atoms with Crippen LogP contribution in [0.4, 0.5) is 10.7 Å². The Morgan fingerprint density at radius 1 is 1.22 bits per heavy atom. The Morgan fingerprint density at radius 2 is 2.00 bits per heavy atom. The molecule has 2 rings (SSSR count). The van der Waals surface area contributed by atoms with E-state index < -0.39 is 4.92 Å². The zero-order valence-corrected chi connectivity index (χ0v) is 11.4. The van der Waals surface area contributed by atoms with Gasteiger partial charge in [0.1, 0.15) is 0 Å². The fourth-order valence-corrected chi connectivity index (χ4v) is 2.41. The van der Waals surface area contributed by atoms with Crippen molar-refractivity contribution in [3.63, 3.8) is 0 Å². The van der Waals surface area contributed by atoms with Crippen molar-refractivity contribution in [2.75, 3.05) is 5.32 Å². The Balaban J connectivity index is 2.02. The highest BCUT2D eigenvalue weighted by Crippen LogP contribution is 2.27. The van der Waals surface area contributed by atoms with Gasteiger partial charge in [-0.25, -0.2) is 0 Å². The summed E-state index contributed by atoms with van der Waals surface area (Å²) < 4.78 is 0. The second-order valence-corrected chi connectivity index (χ2v) is 5.44. The molecule has 0 fully saturated rings. The van der Waals surface area contributed by atoms with Crippen molar-refractivity contribution in [2.24, 2.45) is 0 Å². The smallest absolute Gasteiger partial charge is 0.324 e. The first-order chi connectivity index (χ1) is 8.56. The summed E-state index contributed by atoms with van der Waals surface area (Å²) in [6.07, 6.45) is 0. The minimum Gasteiger partial charge on any atom is -0.380 e. The van der Waals surface area contributed by atoms with Gasteiger partial charge in [-0.15, -0.1) is 0 Å². The minimum atomic E-state index is -0.396. The van der Waals surface area contributed by atoms with Crippen molar-refractivity contribution >= 4 is 45.2 Å². The van der Waals surface area contributed by atoms with Crippen molar-refractivity contribution < 1.29 is 4.92 Å². The van der Waals surface area contributed by atoms with Crippen molar-refractivity contribution in [3.8, 4) is 0 Å². The Labute approximate surface area is 117 Å². The lowest BCUT2D eigenvalue weighted by Crippen LogP contribution is -1.96. The number of hydrogen-bond acceptors (Lipinski definition) is 4. The number of nitrogens with zero attached hydrogens (tertiary/aromatic N) is 1. The van der Waals surface area contributed by atoms with E-state index in [0.29, 0.717) is 16.6 Å². The second-order valence-electron chi connectivity index (χ2n) is 3.48. The Hall–Kier alpha value is -1.30. The van der Waals surface area contributed by atoms with Crippen molar-refractivity contribution in [1.29, 1.82) is 0 Å². The molecule has 0 bridgehead atoms. The first-order valence-electron chi connectivity index (χ1n) is 4.98. The van der Waals surface area contributed by atoms with Gasteiger partial charge in [0, 0.05) is 23.2 Å². The van der Waals surface area contributed by atoms with Crippen LogP contribution in [0.3, 0.4) is 0 Å². The fraction of sp³-hybridized carbons (Fsp3) is 0.0909. The summed E-state index contributed by atoms with van der Waals surface area (Å²) in [6.45, 7) is 0.510. The molecule has 0 saturated carbocycles. The van der Waals surface area contributed by atoms with E-state index in [2.05, 4.69) is 5.32 Å². The summed E-state index contributed by atoms with van der Waals surface area (Å²) in [5.74, 6) is 0. The molecule has 0 radical (unpaired) electrons. The van der Waals surface area contributed by atoms with E-state index in [9.17, 15) is 10.1 Å². The minimum absolute atomic E-state index is 0.140. The SMILES string of the molecule is O=[N+]([O-])c1ccc(CNc2ccc(Cl)c(Cl)c2)s1. The van der Waals surface area contributed by atoms with Gasteiger partial charge in [-0.05, 0) is 24.3 Å². The average molecular weight is 303 g/mol. The molecule has 0 aliphatic heterocycles. The monoisotopic (exact) mass is 302 g/mol. The summed E-state index contributed by atoms with van der Waals surface area (Å²) >= 11 is 12.8. The number of anilines is 1. The Bertz CT molecular complexity index is 586. The van der Waals surface area contributed by atoms with E-state index in [0.717, 1.165) is 21.9 Å². The maximum Gasteiger partial charge on any atom is 0.324 e. The molecule has 1 aromatic carbocycles. The number of rotatable bonds is 4. The maximum atomic E-state index is 10.5. The molecule has 0 amide bonds. The molecule has 1 aromatic heterocycles. The lowest BCUT2D eigenvalue weighted by atomic mass is 10.3. The number of thiophene rings is 1. The van der Waals surface area contributed by atoms with Crippen LogP contribution in [0.2, 0.25) is 10.0 Å². The normalized spacial score (nSPS) is 10.3. The van der Waals surface area contributed by atoms with Crippen LogP contribution in [0.25, 0.3) is 0 Å². The summed E-state index contributed by atoms with van der Waals surface area (Å²) in [4.78, 5) is 11.0. The molecule has 0 saturated heterocycles. The fourth-order valence-electron chi connectivity index (χ4n) is 1.35. The molecule has 94 valence electrons. The molecule has 0 aliphatic rings. The Kier molecular flexibility index (Phi) is 4.06. The molecule has 0 unspecified atom stereocenters. The van der Waals surface area contributed by atoms with Gasteiger partial charge >= 0.3 is 5.00 Å². The predicted octanol–water partition coefficient (Wildman–Crippen LogP) is 4.58. The first kappa shape index (κ1) is 13.1. The van der Waals surface area contributed by atoms with Crippen LogP contribution < -0.4 is 5.32 Å². The quantitative estimate of drug-likeness (QED) is 0.664. The number of benzene rings is 1. The molecule has 7 heteroatoms. The van der Waals surface area contributed by atoms with Crippen molar-refractivity contribution in [1.82, 2.24) is 0 Å². The van der Waals surface area contributed by atoms with Gasteiger partial charge in [-0.1, -0.05) is 34.5 Å². The topological polar surface area (TPSA) is 55.2 Å². The van der Waals surface area contributed by atoms with E-state index in [4.69, 9.17) is 23.2 Å². The average Bonchev–Trinajstić information content (AvgIpc) is 2.79. The van der Waals surface area contributed by atoms with Gasteiger partial charge in [0.05, 0.1) is 15.0 Å². The van der Waals surface area contributed by atoms with Crippen LogP contribution in [0.15, 0.2) is 30.3 Å². The van der Waals surface area contributed by atoms with Gasteiger partial charge in [0.25, 0.3) is 0 Å². The molecular weight excluding hydrogens is 295 g/mol. The highest BCUT2D eigenvalue weighted by Gasteiger charge is 2.09. The number of nitro groups is 1. The summed E-state index contributed by atoms with van der Waals surface area (Å²) in [6, 6.07) is 8.44. The van der Waals surface area contributed by atoms with Gasteiger partial charge in [-0.2, -0.15) is 0 Å². The number of hydrogen-bond donors (Lipinski definition) is 1. The third kappa shape index (κ3) is 3.13. The summed E-state index contributed by atoms with van der Waals surface area (Å²) in [7, 11) is 0. The number of halogens is 2. The van der Waals surface area contributed by atoms with E-state index >= 15 is 0 Å². The van der Waals surface area contributed by atoms with E-state index in [-0.39, 0.29) is 5.00 Å². The van der Waals surface area contributed by atoms with E-state index in [1.807, 2.05) is 0 Å². The standard InChI is InChI=1S/C11H8Cl2N2O2S/c12-9-3-1-7(5-10(9)13)14-6-8-2-4-11(18-8)15(16)17/h1-5,14H,6H2. The zero-order valence-electron chi connectivity index (χ0n) is 9.02. The predicted molar refractivity (Wildman–Crippen MR) is 74.8 cm³/mol. The Morgan fingerprint density at radius 3 is 2.61 bits per heavy atom. The van der Waals surface area contributed by atoms with Gasteiger partial charge in [-0.3, -0.25) is 10.1 Å². The lowest BCUT2D eigenvalue weighted by Gasteiger charge is -2.05. The molecule has 0 aliphatic carbocycles. The molecule has 0 atom stereocenters. The van der Waals surface area contributed by atoms with Gasteiger partial charge in [0.2, 0.25) is 0 Å². The molecular formula is C11H8Cl2N2O2S. The van der Waals surface area contributed by atoms with Crippen LogP contribution in [-0.4, -0.2) is 4.92 Å². The van der Waals surface area contributed by atoms with E-state index in [1.165, 1.54) is 6.07 Å². The van der Waals surface area contributed by atoms with Crippen LogP contribution in [0.5, 0.6) is 0 Å². The van der Waals surface area contributed by atoms with Gasteiger partial charge < -0.3 is 5.32 Å². The van der Waals surface area contributed by atoms with Crippen LogP contribution in [0.1, 0.15) is 4.88 Å². The maximum absolute atomic E-state index is 10.5. The molecule has 18 heavy (non-hydrogen) atoms. The van der Waals surface area contributed by atoms with Crippen LogP contribution in [-0.2, 0) is 6.54 Å². The highest BCUT2D eigenvalue weighted by atomic mass is 35.5. The number of nitrogens with one attached hydrogen (secondary N) is 1. The lowest BCUT2D eigenvalue weighted by molar-refractivity contribution is -0.380. The van der Waals surface area contributed by atoms with E-state index in [1.54, 1.807) is 24.3 Å². The van der Waals surface area contributed by atoms with Crippen LogP contribution in [0, 0.1) is 10.1 Å². The summed E-state index contributed by atoms with van der Waals surface area (Å²) in [5, 5.41) is 14.8. The third-order valence-electron chi connectivity index (χ3n) is 2.21. The van der Waals surface area contributed by atoms with Crippen molar-refractivity contribution in [3.05, 3.63) is 55.4 Å². The largest absolute Gasteiger partial charge is 0.380 e. The molecule has 4 nitrogen and oxygen atoms in total. The van der Waals surface area contributed by atoms with Gasteiger partial charge in [0.15, 0.2) is 0 Å². The second kappa shape index (κ2) is 5.56. The van der Waals surface area contributed by atoms with Crippen molar-refractivity contribution in [2.45, 2.75) is 6.54 Å². The first-order valence-corrected chi connectivity index (χ1v) is 6.55. The van der Waals surface area contributed by atoms with Crippen LogP contribution >= 0.6 is 34.5 Å².